The van der Waals surface area contributed by atoms with Gasteiger partial charge in [-0.05, 0) is 18.2 Å². The van der Waals surface area contributed by atoms with E-state index < -0.39 is 29.2 Å². The Balaban J connectivity index is 1.75. The molecule has 1 aliphatic rings. The standard InChI is InChI=1S/C18H12N4O5S/c19-7-8-28-15-4-2-1-3-14(15)20-16(23)10-21-17(24)12-6-5-11(22(26)27)9-13(12)18(21)25/h1-6,9H,8,10H2,(H,20,23). The number of rotatable bonds is 6. The summed E-state index contributed by atoms with van der Waals surface area (Å²) in [6.45, 7) is -0.530. The summed E-state index contributed by atoms with van der Waals surface area (Å²) in [4.78, 5) is 48.8. The molecule has 2 aromatic rings. The molecular formula is C18H12N4O5S. The Morgan fingerprint density at radius 2 is 1.89 bits per heavy atom. The number of nitriles is 1. The number of anilines is 1. The third-order valence-electron chi connectivity index (χ3n) is 3.92. The number of fused-ring (bicyclic) bond motifs is 1. The molecule has 1 aliphatic heterocycles. The van der Waals surface area contributed by atoms with Crippen LogP contribution in [0.4, 0.5) is 11.4 Å². The summed E-state index contributed by atoms with van der Waals surface area (Å²) in [5, 5.41) is 22.2. The number of amides is 3. The first-order chi connectivity index (χ1) is 13.4. The lowest BCUT2D eigenvalue weighted by atomic mass is 10.1. The van der Waals surface area contributed by atoms with Crippen molar-refractivity contribution in [3.63, 3.8) is 0 Å². The number of carbonyl (C=O) groups excluding carboxylic acids is 3. The van der Waals surface area contributed by atoms with Crippen LogP contribution in [0.3, 0.4) is 0 Å². The van der Waals surface area contributed by atoms with Crippen molar-refractivity contribution in [1.82, 2.24) is 4.90 Å². The van der Waals surface area contributed by atoms with Gasteiger partial charge in [-0.3, -0.25) is 29.4 Å². The topological polar surface area (TPSA) is 133 Å². The van der Waals surface area contributed by atoms with E-state index >= 15 is 0 Å². The van der Waals surface area contributed by atoms with Crippen LogP contribution in [-0.2, 0) is 4.79 Å². The summed E-state index contributed by atoms with van der Waals surface area (Å²) in [6.07, 6.45) is 0. The van der Waals surface area contributed by atoms with E-state index in [4.69, 9.17) is 5.26 Å². The van der Waals surface area contributed by atoms with Crippen molar-refractivity contribution in [2.75, 3.05) is 17.6 Å². The molecule has 0 radical (unpaired) electrons. The largest absolute Gasteiger partial charge is 0.324 e. The molecule has 0 aromatic heterocycles. The molecule has 0 saturated carbocycles. The molecule has 1 heterocycles. The maximum Gasteiger partial charge on any atom is 0.270 e. The van der Waals surface area contributed by atoms with Crippen LogP contribution >= 0.6 is 11.8 Å². The first kappa shape index (κ1) is 19.1. The van der Waals surface area contributed by atoms with Crippen molar-refractivity contribution in [2.45, 2.75) is 4.90 Å². The second-order valence-corrected chi connectivity index (χ2v) is 6.69. The Morgan fingerprint density at radius 1 is 1.18 bits per heavy atom. The van der Waals surface area contributed by atoms with E-state index in [1.165, 1.54) is 17.8 Å². The van der Waals surface area contributed by atoms with E-state index in [2.05, 4.69) is 5.32 Å². The fourth-order valence-electron chi connectivity index (χ4n) is 2.68. The van der Waals surface area contributed by atoms with E-state index in [9.17, 15) is 24.5 Å². The molecule has 0 saturated heterocycles. The highest BCUT2D eigenvalue weighted by Crippen LogP contribution is 2.28. The number of para-hydroxylation sites is 1. The van der Waals surface area contributed by atoms with Crippen molar-refractivity contribution in [2.24, 2.45) is 0 Å². The lowest BCUT2D eigenvalue weighted by Gasteiger charge is -2.15. The van der Waals surface area contributed by atoms with Gasteiger partial charge in [-0.15, -0.1) is 11.8 Å². The monoisotopic (exact) mass is 396 g/mol. The highest BCUT2D eigenvalue weighted by molar-refractivity contribution is 7.99. The fraction of sp³-hybridized carbons (Fsp3) is 0.111. The highest BCUT2D eigenvalue weighted by atomic mass is 32.2. The van der Waals surface area contributed by atoms with Gasteiger partial charge >= 0.3 is 0 Å². The van der Waals surface area contributed by atoms with Gasteiger partial charge in [-0.2, -0.15) is 5.26 Å². The maximum atomic E-state index is 12.4. The van der Waals surface area contributed by atoms with E-state index in [1.807, 2.05) is 6.07 Å². The zero-order valence-corrected chi connectivity index (χ0v) is 15.1. The number of thioether (sulfide) groups is 1. The molecule has 0 fully saturated rings. The third kappa shape index (κ3) is 3.70. The molecule has 3 rings (SSSR count). The molecule has 0 unspecified atom stereocenters. The number of benzene rings is 2. The summed E-state index contributed by atoms with van der Waals surface area (Å²) in [5.41, 5.74) is 0.0694. The zero-order valence-electron chi connectivity index (χ0n) is 14.2. The van der Waals surface area contributed by atoms with Gasteiger partial charge in [0.05, 0.1) is 33.6 Å². The highest BCUT2D eigenvalue weighted by Gasteiger charge is 2.37. The second kappa shape index (κ2) is 7.89. The Bertz CT molecular complexity index is 1050. The first-order valence-electron chi connectivity index (χ1n) is 7.95. The van der Waals surface area contributed by atoms with Crippen LogP contribution in [0.1, 0.15) is 20.7 Å². The first-order valence-corrected chi connectivity index (χ1v) is 8.94. The number of imide groups is 1. The lowest BCUT2D eigenvalue weighted by molar-refractivity contribution is -0.384. The molecule has 2 aromatic carbocycles. The molecule has 10 heteroatoms. The van der Waals surface area contributed by atoms with Crippen LogP contribution < -0.4 is 5.32 Å². The zero-order chi connectivity index (χ0) is 20.3. The molecule has 9 nitrogen and oxygen atoms in total. The molecule has 28 heavy (non-hydrogen) atoms. The average molecular weight is 396 g/mol. The quantitative estimate of drug-likeness (QED) is 0.343. The molecular weight excluding hydrogens is 384 g/mol. The van der Waals surface area contributed by atoms with E-state index in [0.717, 1.165) is 17.0 Å². The molecule has 0 bridgehead atoms. The predicted molar refractivity (Wildman–Crippen MR) is 99.9 cm³/mol. The molecule has 140 valence electrons. The van der Waals surface area contributed by atoms with Crippen LogP contribution in [0.25, 0.3) is 0 Å². The number of nitrogens with one attached hydrogen (secondary N) is 1. The smallest absolute Gasteiger partial charge is 0.270 e. The van der Waals surface area contributed by atoms with Gasteiger partial charge in [-0.1, -0.05) is 12.1 Å². The summed E-state index contributed by atoms with van der Waals surface area (Å²) in [5.74, 6) is -1.85. The van der Waals surface area contributed by atoms with Gasteiger partial charge in [0.1, 0.15) is 6.54 Å². The van der Waals surface area contributed by atoms with E-state index in [1.54, 1.807) is 24.3 Å². The Morgan fingerprint density at radius 3 is 2.61 bits per heavy atom. The number of non-ortho nitro benzene ring substituents is 1. The van der Waals surface area contributed by atoms with Crippen LogP contribution in [-0.4, -0.2) is 39.8 Å². The predicted octanol–water partition coefficient (Wildman–Crippen LogP) is 2.45. The number of hydrogen-bond donors (Lipinski definition) is 1. The molecule has 0 atom stereocenters. The minimum atomic E-state index is -0.758. The van der Waals surface area contributed by atoms with Gasteiger partial charge < -0.3 is 5.32 Å². The molecule has 0 spiro atoms. The van der Waals surface area contributed by atoms with E-state index in [-0.39, 0.29) is 22.6 Å². The van der Waals surface area contributed by atoms with Crippen LogP contribution in [0.15, 0.2) is 47.4 Å². The number of nitro groups is 1. The Labute approximate surface area is 163 Å². The minimum Gasteiger partial charge on any atom is -0.324 e. The minimum absolute atomic E-state index is 0.0216. The summed E-state index contributed by atoms with van der Waals surface area (Å²) < 4.78 is 0. The van der Waals surface area contributed by atoms with Crippen molar-refractivity contribution in [3.8, 4) is 6.07 Å². The molecule has 3 amide bonds. The molecule has 1 N–H and O–H groups in total. The maximum absolute atomic E-state index is 12.4. The Hall–Kier alpha value is -3.71. The van der Waals surface area contributed by atoms with Gasteiger partial charge in [0, 0.05) is 17.0 Å². The average Bonchev–Trinajstić information content (AvgIpc) is 2.91. The van der Waals surface area contributed by atoms with E-state index in [0.29, 0.717) is 10.6 Å². The SMILES string of the molecule is N#CCSc1ccccc1NC(=O)CN1C(=O)c2ccc([N+](=O)[O-])cc2C1=O. The summed E-state index contributed by atoms with van der Waals surface area (Å²) >= 11 is 1.24. The van der Waals surface area contributed by atoms with Gasteiger partial charge in [0.15, 0.2) is 0 Å². The number of nitro benzene ring substituents is 1. The van der Waals surface area contributed by atoms with Crippen molar-refractivity contribution >= 4 is 40.9 Å². The normalized spacial score (nSPS) is 12.5. The van der Waals surface area contributed by atoms with Crippen LogP contribution in [0.5, 0.6) is 0 Å². The van der Waals surface area contributed by atoms with Gasteiger partial charge in [0.2, 0.25) is 5.91 Å². The van der Waals surface area contributed by atoms with Crippen LogP contribution in [0.2, 0.25) is 0 Å². The Kier molecular flexibility index (Phi) is 5.37. The van der Waals surface area contributed by atoms with Crippen LogP contribution in [0, 0.1) is 21.4 Å². The fourth-order valence-corrected chi connectivity index (χ4v) is 3.34. The van der Waals surface area contributed by atoms with Crippen molar-refractivity contribution < 1.29 is 19.3 Å². The second-order valence-electron chi connectivity index (χ2n) is 5.67. The van der Waals surface area contributed by atoms with Gasteiger partial charge in [0.25, 0.3) is 17.5 Å². The van der Waals surface area contributed by atoms with Gasteiger partial charge in [-0.25, -0.2) is 0 Å². The number of nitrogens with zero attached hydrogens (tertiary/aromatic N) is 3. The molecule has 0 aliphatic carbocycles. The summed E-state index contributed by atoms with van der Waals surface area (Å²) in [6, 6.07) is 12.2. The lowest BCUT2D eigenvalue weighted by Crippen LogP contribution is -2.37. The van der Waals surface area contributed by atoms with Crippen molar-refractivity contribution in [3.05, 3.63) is 63.7 Å². The van der Waals surface area contributed by atoms with Crippen molar-refractivity contribution in [1.29, 1.82) is 5.26 Å². The summed E-state index contributed by atoms with van der Waals surface area (Å²) in [7, 11) is 0. The number of hydrogen-bond acceptors (Lipinski definition) is 7. The number of carbonyl (C=O) groups is 3. The third-order valence-corrected chi connectivity index (χ3v) is 4.86.